The summed E-state index contributed by atoms with van der Waals surface area (Å²) in [5.74, 6) is 0.556. The second kappa shape index (κ2) is 7.68. The maximum atomic E-state index is 11.3. The van der Waals surface area contributed by atoms with Gasteiger partial charge in [-0.25, -0.2) is 4.98 Å². The molecule has 5 rings (SSSR count). The summed E-state index contributed by atoms with van der Waals surface area (Å²) in [4.78, 5) is 23.1. The number of hydrogen-bond donors (Lipinski definition) is 2. The average molecular weight is 399 g/mol. The van der Waals surface area contributed by atoms with Crippen molar-refractivity contribution in [1.29, 1.82) is 0 Å². The Hall–Kier alpha value is -3.58. The van der Waals surface area contributed by atoms with Crippen molar-refractivity contribution in [2.75, 3.05) is 0 Å². The van der Waals surface area contributed by atoms with Gasteiger partial charge in [-0.05, 0) is 31.4 Å². The molecule has 3 aromatic heterocycles. The topological polar surface area (TPSA) is 96.7 Å². The van der Waals surface area contributed by atoms with E-state index in [2.05, 4.69) is 49.7 Å². The Balaban J connectivity index is 1.40. The molecule has 1 aliphatic rings. The highest BCUT2D eigenvalue weighted by molar-refractivity contribution is 5.68. The molecular formula is C23H21N5O2. The van der Waals surface area contributed by atoms with Gasteiger partial charge in [0.2, 0.25) is 5.56 Å². The van der Waals surface area contributed by atoms with Gasteiger partial charge < -0.3 is 14.8 Å². The van der Waals surface area contributed by atoms with Gasteiger partial charge in [0.1, 0.15) is 11.4 Å². The number of nitrogens with one attached hydrogen (secondary N) is 2. The Labute approximate surface area is 173 Å². The van der Waals surface area contributed by atoms with Gasteiger partial charge in [-0.1, -0.05) is 29.4 Å². The number of aromatic amines is 1. The second-order valence-corrected chi connectivity index (χ2v) is 7.56. The van der Waals surface area contributed by atoms with Gasteiger partial charge >= 0.3 is 0 Å². The summed E-state index contributed by atoms with van der Waals surface area (Å²) >= 11 is 0. The van der Waals surface area contributed by atoms with Gasteiger partial charge in [-0.2, -0.15) is 0 Å². The van der Waals surface area contributed by atoms with Crippen LogP contribution in [-0.4, -0.2) is 26.2 Å². The summed E-state index contributed by atoms with van der Waals surface area (Å²) in [7, 11) is 0. The Morgan fingerprint density at radius 3 is 2.63 bits per heavy atom. The predicted molar refractivity (Wildman–Crippen MR) is 114 cm³/mol. The lowest BCUT2D eigenvalue weighted by Crippen LogP contribution is -2.14. The van der Waals surface area contributed by atoms with E-state index in [1.165, 1.54) is 24.5 Å². The quantitative estimate of drug-likeness (QED) is 0.513. The Morgan fingerprint density at radius 1 is 1.10 bits per heavy atom. The zero-order chi connectivity index (χ0) is 20.5. The first kappa shape index (κ1) is 18.4. The van der Waals surface area contributed by atoms with Crippen LogP contribution < -0.4 is 10.9 Å². The number of aryl methyl sites for hydroxylation is 1. The number of aromatic nitrogens is 4. The van der Waals surface area contributed by atoms with Crippen LogP contribution in [0.5, 0.6) is 0 Å². The van der Waals surface area contributed by atoms with E-state index in [1.807, 2.05) is 13.0 Å². The third-order valence-electron chi connectivity index (χ3n) is 5.20. The summed E-state index contributed by atoms with van der Waals surface area (Å²) in [6.07, 6.45) is 5.87. The van der Waals surface area contributed by atoms with Crippen LogP contribution >= 0.6 is 0 Å². The lowest BCUT2D eigenvalue weighted by Gasteiger charge is -2.04. The summed E-state index contributed by atoms with van der Waals surface area (Å²) in [6, 6.07) is 14.1. The highest BCUT2D eigenvalue weighted by Gasteiger charge is 2.20. The SMILES string of the molecule is Cc1ncc(-c2ccc(=O)[nH]c2)nc1-c1cc(-c2ccc(CNC3CC3)cc2)no1. The molecule has 0 radical (unpaired) electrons. The van der Waals surface area contributed by atoms with Crippen molar-refractivity contribution in [3.63, 3.8) is 0 Å². The van der Waals surface area contributed by atoms with E-state index in [0.29, 0.717) is 23.2 Å². The zero-order valence-electron chi connectivity index (χ0n) is 16.6. The third kappa shape index (κ3) is 3.92. The third-order valence-corrected chi connectivity index (χ3v) is 5.20. The van der Waals surface area contributed by atoms with E-state index < -0.39 is 0 Å². The number of benzene rings is 1. The zero-order valence-corrected chi connectivity index (χ0v) is 16.6. The minimum absolute atomic E-state index is 0.159. The average Bonchev–Trinajstić information content (AvgIpc) is 3.48. The molecule has 0 spiro atoms. The molecule has 0 amide bonds. The molecule has 4 aromatic rings. The maximum Gasteiger partial charge on any atom is 0.247 e. The largest absolute Gasteiger partial charge is 0.354 e. The lowest BCUT2D eigenvalue weighted by atomic mass is 10.1. The monoisotopic (exact) mass is 399 g/mol. The van der Waals surface area contributed by atoms with Crippen LogP contribution in [0.25, 0.3) is 34.0 Å². The van der Waals surface area contributed by atoms with Crippen LogP contribution in [0.15, 0.2) is 64.2 Å². The second-order valence-electron chi connectivity index (χ2n) is 7.56. The molecule has 0 aliphatic heterocycles. The first-order valence-electron chi connectivity index (χ1n) is 9.98. The van der Waals surface area contributed by atoms with Crippen LogP contribution in [0.2, 0.25) is 0 Å². The van der Waals surface area contributed by atoms with E-state index >= 15 is 0 Å². The number of rotatable bonds is 6. The van der Waals surface area contributed by atoms with Gasteiger partial charge in [-0.15, -0.1) is 0 Å². The maximum absolute atomic E-state index is 11.3. The van der Waals surface area contributed by atoms with E-state index in [-0.39, 0.29) is 5.56 Å². The van der Waals surface area contributed by atoms with Crippen molar-refractivity contribution < 1.29 is 4.52 Å². The fraction of sp³-hybridized carbons (Fsp3) is 0.217. The highest BCUT2D eigenvalue weighted by atomic mass is 16.5. The van der Waals surface area contributed by atoms with Crippen LogP contribution in [-0.2, 0) is 6.54 Å². The highest BCUT2D eigenvalue weighted by Crippen LogP contribution is 2.28. The van der Waals surface area contributed by atoms with E-state index in [1.54, 1.807) is 18.5 Å². The molecule has 1 aliphatic carbocycles. The fourth-order valence-electron chi connectivity index (χ4n) is 3.26. The van der Waals surface area contributed by atoms with Crippen LogP contribution in [0.4, 0.5) is 0 Å². The Bertz CT molecular complexity index is 1220. The van der Waals surface area contributed by atoms with Gasteiger partial charge in [0.05, 0.1) is 17.6 Å². The van der Waals surface area contributed by atoms with Gasteiger partial charge in [0.15, 0.2) is 5.76 Å². The van der Waals surface area contributed by atoms with E-state index in [9.17, 15) is 4.79 Å². The normalized spacial score (nSPS) is 13.5. The van der Waals surface area contributed by atoms with Crippen molar-refractivity contribution >= 4 is 0 Å². The molecule has 0 atom stereocenters. The minimum Gasteiger partial charge on any atom is -0.354 e. The molecule has 3 heterocycles. The minimum atomic E-state index is -0.159. The summed E-state index contributed by atoms with van der Waals surface area (Å²) < 4.78 is 5.59. The number of nitrogens with zero attached hydrogens (tertiary/aromatic N) is 3. The van der Waals surface area contributed by atoms with Crippen molar-refractivity contribution in [3.05, 3.63) is 76.5 Å². The molecule has 7 heteroatoms. The molecule has 0 bridgehead atoms. The summed E-state index contributed by atoms with van der Waals surface area (Å²) in [6.45, 7) is 2.77. The van der Waals surface area contributed by atoms with Crippen molar-refractivity contribution in [3.8, 4) is 34.0 Å². The summed E-state index contributed by atoms with van der Waals surface area (Å²) in [5.41, 5.74) is 5.63. The van der Waals surface area contributed by atoms with E-state index in [0.717, 1.165) is 29.1 Å². The number of pyridine rings is 1. The van der Waals surface area contributed by atoms with Crippen LogP contribution in [0, 0.1) is 6.92 Å². The molecule has 30 heavy (non-hydrogen) atoms. The Morgan fingerprint density at radius 2 is 1.90 bits per heavy atom. The standard InChI is InChI=1S/C23H21N5O2/c1-14-23(27-20(13-24-14)17-6-9-22(29)26-12-17)21-10-19(28-30-21)16-4-2-15(3-5-16)11-25-18-7-8-18/h2-6,9-10,12-13,18,25H,7-8,11H2,1H3,(H,26,29). The number of H-pyrrole nitrogens is 1. The molecule has 0 saturated heterocycles. The first-order chi connectivity index (χ1) is 14.7. The van der Waals surface area contributed by atoms with Gasteiger partial charge in [0, 0.05) is 42.0 Å². The molecule has 1 fully saturated rings. The molecular weight excluding hydrogens is 378 g/mol. The first-order valence-corrected chi connectivity index (χ1v) is 9.98. The Kier molecular flexibility index (Phi) is 4.72. The molecule has 150 valence electrons. The van der Waals surface area contributed by atoms with Crippen molar-refractivity contribution in [1.82, 2.24) is 25.4 Å². The van der Waals surface area contributed by atoms with Crippen LogP contribution in [0.1, 0.15) is 24.1 Å². The summed E-state index contributed by atoms with van der Waals surface area (Å²) in [5, 5.41) is 7.74. The fourth-order valence-corrected chi connectivity index (χ4v) is 3.26. The molecule has 1 saturated carbocycles. The van der Waals surface area contributed by atoms with Crippen molar-refractivity contribution in [2.24, 2.45) is 0 Å². The predicted octanol–water partition coefficient (Wildman–Crippen LogP) is 3.71. The molecule has 0 unspecified atom stereocenters. The molecule has 1 aromatic carbocycles. The van der Waals surface area contributed by atoms with Crippen LogP contribution in [0.3, 0.4) is 0 Å². The lowest BCUT2D eigenvalue weighted by molar-refractivity contribution is 0.433. The number of hydrogen-bond acceptors (Lipinski definition) is 6. The van der Waals surface area contributed by atoms with E-state index in [4.69, 9.17) is 4.52 Å². The molecule has 2 N–H and O–H groups in total. The molecule has 7 nitrogen and oxygen atoms in total. The van der Waals surface area contributed by atoms with Crippen molar-refractivity contribution in [2.45, 2.75) is 32.4 Å². The van der Waals surface area contributed by atoms with Gasteiger partial charge in [0.25, 0.3) is 0 Å². The van der Waals surface area contributed by atoms with Gasteiger partial charge in [-0.3, -0.25) is 9.78 Å². The smallest absolute Gasteiger partial charge is 0.247 e.